The Morgan fingerprint density at radius 1 is 0.880 bits per heavy atom. The van der Waals surface area contributed by atoms with E-state index < -0.39 is 17.0 Å². The number of allylic oxidation sites excluding steroid dienone is 2. The van der Waals surface area contributed by atoms with Crippen molar-refractivity contribution in [2.45, 2.75) is 172 Å². The summed E-state index contributed by atoms with van der Waals surface area (Å²) in [6, 6.07) is 0. The number of fused-ring (bicyclic) bond motifs is 7. The zero-order chi connectivity index (χ0) is 37.7. The van der Waals surface area contributed by atoms with Crippen molar-refractivity contribution in [2.75, 3.05) is 6.54 Å². The molecule has 0 saturated heterocycles. The Hall–Kier alpha value is -2.25. The van der Waals surface area contributed by atoms with Crippen LogP contribution in [-0.4, -0.2) is 40.9 Å². The van der Waals surface area contributed by atoms with E-state index in [1.54, 1.807) is 13.8 Å². The van der Waals surface area contributed by atoms with E-state index in [1.807, 2.05) is 20.8 Å². The van der Waals surface area contributed by atoms with Crippen LogP contribution in [0.1, 0.15) is 161 Å². The number of esters is 2. The summed E-state index contributed by atoms with van der Waals surface area (Å²) in [5.41, 5.74) is 0.0324. The maximum atomic E-state index is 13.7. The number of ketones is 1. The van der Waals surface area contributed by atoms with Gasteiger partial charge in [0.15, 0.2) is 5.78 Å². The molecule has 8 nitrogen and oxygen atoms in total. The van der Waals surface area contributed by atoms with Crippen LogP contribution >= 0.6 is 0 Å². The van der Waals surface area contributed by atoms with Crippen molar-refractivity contribution in [2.24, 2.45) is 55.7 Å². The fourth-order valence-electron chi connectivity index (χ4n) is 13.0. The maximum absolute atomic E-state index is 13.7. The van der Waals surface area contributed by atoms with Crippen LogP contribution in [0.25, 0.3) is 0 Å². The van der Waals surface area contributed by atoms with Crippen LogP contribution in [0.15, 0.2) is 11.1 Å². The quantitative estimate of drug-likeness (QED) is 0.141. The maximum Gasteiger partial charge on any atom is 0.312 e. The minimum absolute atomic E-state index is 0.00118. The molecule has 0 heterocycles. The lowest BCUT2D eigenvalue weighted by Crippen LogP contribution is -2.70. The van der Waals surface area contributed by atoms with Crippen molar-refractivity contribution in [1.29, 1.82) is 0 Å². The van der Waals surface area contributed by atoms with Gasteiger partial charge in [-0.05, 0) is 131 Å². The van der Waals surface area contributed by atoms with Gasteiger partial charge in [0.2, 0.25) is 6.54 Å². The van der Waals surface area contributed by atoms with Crippen molar-refractivity contribution >= 4 is 17.7 Å². The van der Waals surface area contributed by atoms with Crippen LogP contribution < -0.4 is 0 Å². The molecule has 5 rings (SSSR count). The number of ether oxygens (including phenoxy) is 2. The highest BCUT2D eigenvalue weighted by atomic mass is 16.6. The summed E-state index contributed by atoms with van der Waals surface area (Å²) in [5.74, 6) is 0.201. The van der Waals surface area contributed by atoms with E-state index in [0.29, 0.717) is 18.8 Å². The summed E-state index contributed by atoms with van der Waals surface area (Å²) >= 11 is 0. The molecule has 0 N–H and O–H groups in total. The van der Waals surface area contributed by atoms with Gasteiger partial charge < -0.3 is 9.47 Å². The predicted octanol–water partition coefficient (Wildman–Crippen LogP) is 9.69. The zero-order valence-electron chi connectivity index (χ0n) is 33.6. The van der Waals surface area contributed by atoms with E-state index in [2.05, 4.69) is 55.4 Å². The number of carbonyl (C=O) groups is 3. The van der Waals surface area contributed by atoms with E-state index in [9.17, 15) is 24.5 Å². The molecule has 50 heavy (non-hydrogen) atoms. The van der Waals surface area contributed by atoms with Crippen LogP contribution in [-0.2, 0) is 23.9 Å². The zero-order valence-corrected chi connectivity index (χ0v) is 33.6. The van der Waals surface area contributed by atoms with Crippen LogP contribution in [0.3, 0.4) is 0 Å². The van der Waals surface area contributed by atoms with Crippen molar-refractivity contribution in [3.63, 3.8) is 0 Å². The van der Waals surface area contributed by atoms with Gasteiger partial charge in [-0.3, -0.25) is 24.5 Å². The molecule has 5 aliphatic rings. The first kappa shape index (κ1) is 39.0. The monoisotopic (exact) mass is 697 g/mol. The van der Waals surface area contributed by atoms with E-state index in [4.69, 9.17) is 9.47 Å². The molecular formula is C42H67NO7. The molecule has 0 unspecified atom stereocenters. The second-order valence-corrected chi connectivity index (χ2v) is 20.8. The number of rotatable bonds is 8. The van der Waals surface area contributed by atoms with Crippen LogP contribution in [0.4, 0.5) is 0 Å². The van der Waals surface area contributed by atoms with Crippen LogP contribution in [0.2, 0.25) is 0 Å². The smallest absolute Gasteiger partial charge is 0.312 e. The number of hydrogen-bond donors (Lipinski definition) is 0. The van der Waals surface area contributed by atoms with Gasteiger partial charge in [-0.1, -0.05) is 61.0 Å². The molecule has 0 spiro atoms. The third-order valence-corrected chi connectivity index (χ3v) is 16.1. The SMILES string of the molecule is CC(C)C1=C2[C@H]3CC[C@@]4(C)[C@@](C)(CC[C@H]5C(C)(C)[C@@H](OC(=O)CC(C)(C)C(=O)OC(C)(C)C)CC[C@@]54C)[C@]3(C)CC[C@@]2(CC[N+](=O)[O-])CC1=O. The third-order valence-electron chi connectivity index (χ3n) is 16.1. The Kier molecular flexibility index (Phi) is 9.47. The van der Waals surface area contributed by atoms with E-state index in [0.717, 1.165) is 56.9 Å². The lowest BCUT2D eigenvalue weighted by molar-refractivity contribution is -0.483. The molecule has 8 heteroatoms. The summed E-state index contributed by atoms with van der Waals surface area (Å²) in [6.07, 6.45) is 8.38. The molecule has 0 aromatic rings. The second-order valence-electron chi connectivity index (χ2n) is 20.8. The van der Waals surface area contributed by atoms with Gasteiger partial charge in [0, 0.05) is 28.6 Å². The Morgan fingerprint density at radius 3 is 2.06 bits per heavy atom. The summed E-state index contributed by atoms with van der Waals surface area (Å²) < 4.78 is 11.9. The first-order chi connectivity index (χ1) is 22.7. The normalized spacial score (nSPS) is 39.6. The van der Waals surface area contributed by atoms with E-state index >= 15 is 0 Å². The van der Waals surface area contributed by atoms with Gasteiger partial charge in [-0.2, -0.15) is 0 Å². The van der Waals surface area contributed by atoms with Crippen molar-refractivity contribution < 1.29 is 28.8 Å². The largest absolute Gasteiger partial charge is 0.462 e. The number of nitro groups is 1. The number of nitrogens with zero attached hydrogens (tertiary/aromatic N) is 1. The molecule has 0 aliphatic heterocycles. The van der Waals surface area contributed by atoms with Gasteiger partial charge in [0.05, 0.1) is 11.8 Å². The van der Waals surface area contributed by atoms with E-state index in [-0.39, 0.29) is 80.1 Å². The summed E-state index contributed by atoms with van der Waals surface area (Å²) in [5, 5.41) is 11.6. The topological polar surface area (TPSA) is 113 Å². The number of carbonyl (C=O) groups excluding carboxylic acids is 3. The van der Waals surface area contributed by atoms with Gasteiger partial charge >= 0.3 is 11.9 Å². The molecule has 282 valence electrons. The third kappa shape index (κ3) is 5.70. The highest BCUT2D eigenvalue weighted by Gasteiger charge is 2.74. The highest BCUT2D eigenvalue weighted by Crippen LogP contribution is 2.81. The lowest BCUT2D eigenvalue weighted by atomic mass is 9.28. The Morgan fingerprint density at radius 2 is 1.48 bits per heavy atom. The lowest BCUT2D eigenvalue weighted by Gasteiger charge is -2.76. The second kappa shape index (κ2) is 12.1. The number of Topliss-reactive ketones (excluding diaryl/α,β-unsaturated/α-hetero) is 1. The number of hydrogen-bond acceptors (Lipinski definition) is 7. The van der Waals surface area contributed by atoms with Crippen molar-refractivity contribution in [3.05, 3.63) is 21.3 Å². The van der Waals surface area contributed by atoms with E-state index in [1.165, 1.54) is 5.57 Å². The molecule has 0 aromatic heterocycles. The van der Waals surface area contributed by atoms with Crippen molar-refractivity contribution in [1.82, 2.24) is 0 Å². The van der Waals surface area contributed by atoms with Crippen LogP contribution in [0.5, 0.6) is 0 Å². The van der Waals surface area contributed by atoms with Gasteiger partial charge in [-0.25, -0.2) is 0 Å². The van der Waals surface area contributed by atoms with Gasteiger partial charge in [0.25, 0.3) is 0 Å². The van der Waals surface area contributed by atoms with Gasteiger partial charge in [-0.15, -0.1) is 0 Å². The molecule has 0 bridgehead atoms. The summed E-state index contributed by atoms with van der Waals surface area (Å²) in [6.45, 7) is 27.9. The average Bonchev–Trinajstić information content (AvgIpc) is 3.26. The Labute approximate surface area is 301 Å². The van der Waals surface area contributed by atoms with Gasteiger partial charge in [0.1, 0.15) is 11.7 Å². The Balaban J connectivity index is 1.43. The first-order valence-electron chi connectivity index (χ1n) is 19.5. The molecule has 0 radical (unpaired) electrons. The average molecular weight is 698 g/mol. The highest BCUT2D eigenvalue weighted by molar-refractivity contribution is 6.00. The summed E-state index contributed by atoms with van der Waals surface area (Å²) in [4.78, 5) is 51.6. The standard InChI is InChI=1S/C42H67NO7/c1-26(2)32-28(44)24-42(22-23-43(47)48)21-20-38(10)27(33(32)42)14-18-41(13)39(11)17-16-30(37(8,9)29(39)15-19-40(38,41)12)49-31(45)25-36(6,7)34(46)50-35(3,4)5/h26-27,29-30H,14-25H2,1-13H3/t27-,29+,30+,38-,39+,40+,41-,42-/m1/s1. The molecule has 4 saturated carbocycles. The van der Waals surface area contributed by atoms with Crippen molar-refractivity contribution in [3.8, 4) is 0 Å². The minimum atomic E-state index is -0.984. The molecule has 8 atom stereocenters. The molecule has 5 aliphatic carbocycles. The predicted molar refractivity (Wildman–Crippen MR) is 195 cm³/mol. The molecule has 0 aromatic carbocycles. The minimum Gasteiger partial charge on any atom is -0.462 e. The molecule has 4 fully saturated rings. The molecular weight excluding hydrogens is 630 g/mol. The fraction of sp³-hybridized carbons (Fsp3) is 0.881. The Bertz CT molecular complexity index is 1470. The van der Waals surface area contributed by atoms with Crippen LogP contribution in [0, 0.1) is 65.8 Å². The molecule has 0 amide bonds. The first-order valence-corrected chi connectivity index (χ1v) is 19.5. The summed E-state index contributed by atoms with van der Waals surface area (Å²) in [7, 11) is 0. The fourth-order valence-corrected chi connectivity index (χ4v) is 13.0.